The average molecular weight is 380 g/mol. The topological polar surface area (TPSA) is 12.0 Å². The molecule has 2 aromatic carbocycles. The predicted molar refractivity (Wildman–Crippen MR) is 86.5 cm³/mol. The molecule has 0 heterocycles. The lowest BCUT2D eigenvalue weighted by Crippen LogP contribution is -2.18. The van der Waals surface area contributed by atoms with E-state index in [4.69, 9.17) is 34.8 Å². The van der Waals surface area contributed by atoms with Gasteiger partial charge in [-0.3, -0.25) is 0 Å². The molecule has 5 heteroatoms. The molecule has 0 aliphatic rings. The van der Waals surface area contributed by atoms with E-state index < -0.39 is 0 Å². The molecular formula is C14H11BrCl3N. The number of benzene rings is 2. The highest BCUT2D eigenvalue weighted by Gasteiger charge is 2.16. The Balaban J connectivity index is 2.49. The normalized spacial score (nSPS) is 12.5. The number of rotatable bonds is 3. The largest absolute Gasteiger partial charge is 0.309 e. The van der Waals surface area contributed by atoms with Crippen LogP contribution in [0.25, 0.3) is 0 Å². The SMILES string of the molecule is CNC(c1ccc(Cl)c(Cl)c1)c1cc(Cl)ccc1Br. The molecule has 0 radical (unpaired) electrons. The summed E-state index contributed by atoms with van der Waals surface area (Å²) in [5.74, 6) is 0. The maximum atomic E-state index is 6.08. The molecule has 19 heavy (non-hydrogen) atoms. The van der Waals surface area contributed by atoms with Gasteiger partial charge >= 0.3 is 0 Å². The van der Waals surface area contributed by atoms with Gasteiger partial charge in [-0.15, -0.1) is 0 Å². The molecule has 0 saturated carbocycles. The monoisotopic (exact) mass is 377 g/mol. The second-order valence-electron chi connectivity index (χ2n) is 4.06. The first kappa shape index (κ1) is 15.1. The minimum Gasteiger partial charge on any atom is -0.309 e. The van der Waals surface area contributed by atoms with Crippen LogP contribution in [-0.4, -0.2) is 7.05 Å². The Morgan fingerprint density at radius 3 is 2.37 bits per heavy atom. The number of nitrogens with one attached hydrogen (secondary N) is 1. The van der Waals surface area contributed by atoms with E-state index in [1.807, 2.05) is 37.4 Å². The minimum absolute atomic E-state index is 0.0113. The van der Waals surface area contributed by atoms with Crippen molar-refractivity contribution in [2.45, 2.75) is 6.04 Å². The van der Waals surface area contributed by atoms with Gasteiger partial charge in [-0.25, -0.2) is 0 Å². The predicted octanol–water partition coefficient (Wildman–Crippen LogP) is 5.72. The fourth-order valence-corrected chi connectivity index (χ4v) is 2.89. The van der Waals surface area contributed by atoms with Crippen LogP contribution in [0.1, 0.15) is 17.2 Å². The van der Waals surface area contributed by atoms with Crippen molar-refractivity contribution in [1.82, 2.24) is 5.32 Å². The molecule has 2 aromatic rings. The summed E-state index contributed by atoms with van der Waals surface area (Å²) in [6, 6.07) is 11.3. The van der Waals surface area contributed by atoms with Crippen LogP contribution in [-0.2, 0) is 0 Å². The number of hydrogen-bond donors (Lipinski definition) is 1. The molecule has 0 aliphatic carbocycles. The summed E-state index contributed by atoms with van der Waals surface area (Å²) in [6.07, 6.45) is 0. The van der Waals surface area contributed by atoms with E-state index in [0.717, 1.165) is 15.6 Å². The second-order valence-corrected chi connectivity index (χ2v) is 6.17. The molecule has 0 spiro atoms. The van der Waals surface area contributed by atoms with Gasteiger partial charge in [0.25, 0.3) is 0 Å². The zero-order valence-corrected chi connectivity index (χ0v) is 13.9. The minimum atomic E-state index is -0.0113. The molecular weight excluding hydrogens is 368 g/mol. The molecule has 0 fully saturated rings. The van der Waals surface area contributed by atoms with E-state index in [-0.39, 0.29) is 6.04 Å². The molecule has 1 atom stereocenters. The van der Waals surface area contributed by atoms with Gasteiger partial charge in [-0.1, -0.05) is 56.8 Å². The van der Waals surface area contributed by atoms with Crippen LogP contribution in [0.2, 0.25) is 15.1 Å². The smallest absolute Gasteiger partial charge is 0.0595 e. The Hall–Kier alpha value is -0.250. The van der Waals surface area contributed by atoms with Crippen LogP contribution in [0.3, 0.4) is 0 Å². The Morgan fingerprint density at radius 1 is 1.00 bits per heavy atom. The molecule has 1 nitrogen and oxygen atoms in total. The average Bonchev–Trinajstić information content (AvgIpc) is 2.38. The molecule has 2 rings (SSSR count). The summed E-state index contributed by atoms with van der Waals surface area (Å²) in [5.41, 5.74) is 2.08. The Morgan fingerprint density at radius 2 is 1.74 bits per heavy atom. The Labute approximate surface area is 136 Å². The van der Waals surface area contributed by atoms with Gasteiger partial charge in [0.05, 0.1) is 16.1 Å². The lowest BCUT2D eigenvalue weighted by molar-refractivity contribution is 0.689. The summed E-state index contributed by atoms with van der Waals surface area (Å²) in [7, 11) is 1.89. The lowest BCUT2D eigenvalue weighted by atomic mass is 9.99. The zero-order chi connectivity index (χ0) is 14.0. The first-order valence-electron chi connectivity index (χ1n) is 5.60. The third kappa shape index (κ3) is 3.45. The summed E-state index contributed by atoms with van der Waals surface area (Å²) >= 11 is 21.6. The van der Waals surface area contributed by atoms with Crippen molar-refractivity contribution in [3.63, 3.8) is 0 Å². The molecule has 0 saturated heterocycles. The van der Waals surface area contributed by atoms with Gasteiger partial charge in [0.1, 0.15) is 0 Å². The van der Waals surface area contributed by atoms with Gasteiger partial charge in [0, 0.05) is 9.50 Å². The van der Waals surface area contributed by atoms with Gasteiger partial charge in [-0.05, 0) is 48.5 Å². The molecule has 1 N–H and O–H groups in total. The van der Waals surface area contributed by atoms with Crippen LogP contribution in [0.4, 0.5) is 0 Å². The van der Waals surface area contributed by atoms with Crippen molar-refractivity contribution in [2.75, 3.05) is 7.05 Å². The molecule has 0 amide bonds. The molecule has 1 unspecified atom stereocenters. The summed E-state index contributed by atoms with van der Waals surface area (Å²) in [6.45, 7) is 0. The highest BCUT2D eigenvalue weighted by Crippen LogP contribution is 2.33. The quantitative estimate of drug-likeness (QED) is 0.719. The van der Waals surface area contributed by atoms with E-state index in [0.29, 0.717) is 15.1 Å². The van der Waals surface area contributed by atoms with Crippen molar-refractivity contribution in [2.24, 2.45) is 0 Å². The zero-order valence-electron chi connectivity index (χ0n) is 10.1. The van der Waals surface area contributed by atoms with Crippen molar-refractivity contribution in [3.05, 3.63) is 67.1 Å². The van der Waals surface area contributed by atoms with E-state index in [2.05, 4.69) is 21.2 Å². The van der Waals surface area contributed by atoms with Crippen molar-refractivity contribution in [1.29, 1.82) is 0 Å². The lowest BCUT2D eigenvalue weighted by Gasteiger charge is -2.19. The highest BCUT2D eigenvalue weighted by atomic mass is 79.9. The summed E-state index contributed by atoms with van der Waals surface area (Å²) in [5, 5.41) is 5.04. The maximum absolute atomic E-state index is 6.08. The van der Waals surface area contributed by atoms with E-state index in [1.54, 1.807) is 6.07 Å². The van der Waals surface area contributed by atoms with Crippen LogP contribution >= 0.6 is 50.7 Å². The van der Waals surface area contributed by atoms with Crippen molar-refractivity contribution < 1.29 is 0 Å². The van der Waals surface area contributed by atoms with Gasteiger partial charge in [-0.2, -0.15) is 0 Å². The summed E-state index contributed by atoms with van der Waals surface area (Å²) in [4.78, 5) is 0. The highest BCUT2D eigenvalue weighted by molar-refractivity contribution is 9.10. The third-order valence-electron chi connectivity index (χ3n) is 2.83. The van der Waals surface area contributed by atoms with E-state index >= 15 is 0 Å². The van der Waals surface area contributed by atoms with Crippen LogP contribution < -0.4 is 5.32 Å². The van der Waals surface area contributed by atoms with Gasteiger partial charge < -0.3 is 5.32 Å². The van der Waals surface area contributed by atoms with Gasteiger partial charge in [0.2, 0.25) is 0 Å². The first-order chi connectivity index (χ1) is 9.02. The van der Waals surface area contributed by atoms with Crippen LogP contribution in [0.15, 0.2) is 40.9 Å². The second kappa shape index (κ2) is 6.47. The van der Waals surface area contributed by atoms with Crippen LogP contribution in [0.5, 0.6) is 0 Å². The third-order valence-corrected chi connectivity index (χ3v) is 4.53. The fourth-order valence-electron chi connectivity index (χ4n) is 1.93. The van der Waals surface area contributed by atoms with Gasteiger partial charge in [0.15, 0.2) is 0 Å². The first-order valence-corrected chi connectivity index (χ1v) is 7.52. The number of halogens is 4. The van der Waals surface area contributed by atoms with Crippen molar-refractivity contribution >= 4 is 50.7 Å². The molecule has 100 valence electrons. The maximum Gasteiger partial charge on any atom is 0.0595 e. The molecule has 0 aliphatic heterocycles. The standard InChI is InChI=1S/C14H11BrCl3N/c1-19-14(8-2-5-12(17)13(18)6-8)10-7-9(16)3-4-11(10)15/h2-7,14,19H,1H3. The Kier molecular flexibility index (Phi) is 5.15. The van der Waals surface area contributed by atoms with Crippen molar-refractivity contribution in [3.8, 4) is 0 Å². The number of hydrogen-bond acceptors (Lipinski definition) is 1. The Bertz CT molecular complexity index is 601. The van der Waals surface area contributed by atoms with E-state index in [9.17, 15) is 0 Å². The van der Waals surface area contributed by atoms with E-state index in [1.165, 1.54) is 0 Å². The van der Waals surface area contributed by atoms with Crippen LogP contribution in [0, 0.1) is 0 Å². The molecule has 0 aromatic heterocycles. The fraction of sp³-hybridized carbons (Fsp3) is 0.143. The summed E-state index contributed by atoms with van der Waals surface area (Å²) < 4.78 is 0.988. The molecule has 0 bridgehead atoms.